The molecule has 4 heteroatoms. The molecule has 2 rings (SSSR count). The van der Waals surface area contributed by atoms with Crippen molar-refractivity contribution in [2.24, 2.45) is 0 Å². The Morgan fingerprint density at radius 3 is 2.60 bits per heavy atom. The summed E-state index contributed by atoms with van der Waals surface area (Å²) in [5, 5.41) is 8.79. The molecule has 0 saturated carbocycles. The molecule has 0 atom stereocenters. The van der Waals surface area contributed by atoms with E-state index in [2.05, 4.69) is 22.0 Å². The van der Waals surface area contributed by atoms with Gasteiger partial charge in [-0.25, -0.2) is 0 Å². The van der Waals surface area contributed by atoms with Crippen molar-refractivity contribution >= 4 is 15.9 Å². The van der Waals surface area contributed by atoms with E-state index >= 15 is 0 Å². The smallest absolute Gasteiger partial charge is 0.133 e. The monoisotopic (exact) mass is 331 g/mol. The minimum atomic E-state index is 0.555. The van der Waals surface area contributed by atoms with E-state index in [-0.39, 0.29) is 0 Å². The molecule has 0 spiro atoms. The van der Waals surface area contributed by atoms with Crippen LogP contribution in [0.1, 0.15) is 12.0 Å². The maximum absolute atomic E-state index is 8.79. The maximum atomic E-state index is 8.79. The number of nitriles is 1. The lowest BCUT2D eigenvalue weighted by molar-refractivity contribution is 0.246. The van der Waals surface area contributed by atoms with Crippen LogP contribution in [0.2, 0.25) is 0 Å². The molecule has 0 saturated heterocycles. The van der Waals surface area contributed by atoms with Gasteiger partial charge in [0.2, 0.25) is 0 Å². The highest BCUT2D eigenvalue weighted by Gasteiger charge is 1.99. The molecule has 2 aromatic carbocycles. The summed E-state index contributed by atoms with van der Waals surface area (Å²) in [6, 6.07) is 17.0. The van der Waals surface area contributed by atoms with Crippen LogP contribution in [0, 0.1) is 11.3 Å². The van der Waals surface area contributed by atoms with Gasteiger partial charge in [0.1, 0.15) is 11.5 Å². The molecule has 2 aromatic rings. The molecule has 3 nitrogen and oxygen atoms in total. The van der Waals surface area contributed by atoms with Crippen LogP contribution >= 0.6 is 15.9 Å². The number of rotatable bonds is 6. The van der Waals surface area contributed by atoms with E-state index in [0.29, 0.717) is 24.5 Å². The fraction of sp³-hybridized carbons (Fsp3) is 0.188. The lowest BCUT2D eigenvalue weighted by Gasteiger charge is -2.09. The van der Waals surface area contributed by atoms with Crippen LogP contribution in [0.15, 0.2) is 53.0 Å². The van der Waals surface area contributed by atoms with Crippen LogP contribution in [0.4, 0.5) is 0 Å². The molecular formula is C16H14BrNO2. The predicted molar refractivity (Wildman–Crippen MR) is 80.9 cm³/mol. The summed E-state index contributed by atoms with van der Waals surface area (Å²) in [6.07, 6.45) is 0.776. The molecule has 0 radical (unpaired) electrons. The molecular weight excluding hydrogens is 318 g/mol. The van der Waals surface area contributed by atoms with Gasteiger partial charge in [-0.2, -0.15) is 5.26 Å². The third-order valence-corrected chi connectivity index (χ3v) is 3.27. The van der Waals surface area contributed by atoms with Crippen LogP contribution in [0.25, 0.3) is 0 Å². The van der Waals surface area contributed by atoms with Gasteiger partial charge in [-0.1, -0.05) is 18.2 Å². The van der Waals surface area contributed by atoms with Gasteiger partial charge in [-0.3, -0.25) is 0 Å². The number of nitrogens with zero attached hydrogens (tertiary/aromatic N) is 1. The second kappa shape index (κ2) is 7.56. The fourth-order valence-corrected chi connectivity index (χ4v) is 2.05. The zero-order valence-corrected chi connectivity index (χ0v) is 12.5. The molecule has 0 N–H and O–H groups in total. The minimum Gasteiger partial charge on any atom is -0.493 e. The van der Waals surface area contributed by atoms with Gasteiger partial charge < -0.3 is 9.47 Å². The summed E-state index contributed by atoms with van der Waals surface area (Å²) in [6.45, 7) is 1.14. The van der Waals surface area contributed by atoms with Crippen molar-refractivity contribution in [1.29, 1.82) is 5.26 Å². The van der Waals surface area contributed by atoms with E-state index in [4.69, 9.17) is 14.7 Å². The second-order valence-corrected chi connectivity index (χ2v) is 4.97. The van der Waals surface area contributed by atoms with E-state index < -0.39 is 0 Å². The number of para-hydroxylation sites is 1. The average Bonchev–Trinajstić information content (AvgIpc) is 2.49. The molecule has 0 aliphatic carbocycles. The zero-order valence-electron chi connectivity index (χ0n) is 10.9. The Labute approximate surface area is 126 Å². The number of hydrogen-bond acceptors (Lipinski definition) is 3. The van der Waals surface area contributed by atoms with E-state index in [1.54, 1.807) is 12.1 Å². The number of ether oxygens (including phenoxy) is 2. The molecule has 0 heterocycles. The summed E-state index contributed by atoms with van der Waals surface area (Å²) in [7, 11) is 0. The molecule has 0 aliphatic heterocycles. The topological polar surface area (TPSA) is 42.2 Å². The maximum Gasteiger partial charge on any atom is 0.133 e. The standard InChI is InChI=1S/C16H14BrNO2/c17-15-7-1-2-8-16(15)20-10-4-9-19-14-6-3-5-13(11-14)12-18/h1-3,5-8,11H,4,9-10H2. The van der Waals surface area contributed by atoms with Crippen molar-refractivity contribution in [3.8, 4) is 17.6 Å². The lowest BCUT2D eigenvalue weighted by Crippen LogP contribution is -2.05. The number of benzene rings is 2. The molecule has 0 aromatic heterocycles. The summed E-state index contributed by atoms with van der Waals surface area (Å²) in [5.41, 5.74) is 0.604. The lowest BCUT2D eigenvalue weighted by atomic mass is 10.2. The van der Waals surface area contributed by atoms with E-state index in [9.17, 15) is 0 Å². The average molecular weight is 332 g/mol. The van der Waals surface area contributed by atoms with Crippen LogP contribution in [0.5, 0.6) is 11.5 Å². The highest BCUT2D eigenvalue weighted by Crippen LogP contribution is 2.23. The van der Waals surface area contributed by atoms with Crippen LogP contribution in [0.3, 0.4) is 0 Å². The summed E-state index contributed by atoms with van der Waals surface area (Å²) >= 11 is 3.43. The van der Waals surface area contributed by atoms with Crippen LogP contribution in [-0.2, 0) is 0 Å². The second-order valence-electron chi connectivity index (χ2n) is 4.12. The first-order valence-electron chi connectivity index (χ1n) is 6.30. The first-order valence-corrected chi connectivity index (χ1v) is 7.09. The van der Waals surface area contributed by atoms with Gasteiger partial charge in [0.15, 0.2) is 0 Å². The SMILES string of the molecule is N#Cc1cccc(OCCCOc2ccccc2Br)c1. The molecule has 0 aliphatic rings. The molecule has 0 bridgehead atoms. The molecule has 0 unspecified atom stereocenters. The van der Waals surface area contributed by atoms with Gasteiger partial charge in [0.05, 0.1) is 29.3 Å². The Morgan fingerprint density at radius 1 is 1.00 bits per heavy atom. The molecule has 0 fully saturated rings. The Kier molecular flexibility index (Phi) is 5.45. The Morgan fingerprint density at radius 2 is 1.80 bits per heavy atom. The predicted octanol–water partition coefficient (Wildman–Crippen LogP) is 4.17. The van der Waals surface area contributed by atoms with Crippen molar-refractivity contribution < 1.29 is 9.47 Å². The normalized spacial score (nSPS) is 9.80. The highest BCUT2D eigenvalue weighted by atomic mass is 79.9. The molecule has 0 amide bonds. The zero-order chi connectivity index (χ0) is 14.2. The van der Waals surface area contributed by atoms with E-state index in [1.165, 1.54) is 0 Å². The summed E-state index contributed by atoms with van der Waals surface area (Å²) in [4.78, 5) is 0. The van der Waals surface area contributed by atoms with Crippen molar-refractivity contribution in [1.82, 2.24) is 0 Å². The van der Waals surface area contributed by atoms with Gasteiger partial charge in [-0.15, -0.1) is 0 Å². The van der Waals surface area contributed by atoms with Gasteiger partial charge in [0, 0.05) is 6.42 Å². The summed E-state index contributed by atoms with van der Waals surface area (Å²) < 4.78 is 12.2. The quantitative estimate of drug-likeness (QED) is 0.746. The van der Waals surface area contributed by atoms with Gasteiger partial charge in [-0.05, 0) is 46.3 Å². The van der Waals surface area contributed by atoms with E-state index in [0.717, 1.165) is 16.6 Å². The number of hydrogen-bond donors (Lipinski definition) is 0. The Balaban J connectivity index is 1.72. The third-order valence-electron chi connectivity index (χ3n) is 2.61. The number of halogens is 1. The first kappa shape index (κ1) is 14.4. The van der Waals surface area contributed by atoms with Crippen molar-refractivity contribution in [3.63, 3.8) is 0 Å². The first-order chi connectivity index (χ1) is 9.79. The summed E-state index contributed by atoms with van der Waals surface area (Å²) in [5.74, 6) is 1.55. The van der Waals surface area contributed by atoms with Crippen molar-refractivity contribution in [3.05, 3.63) is 58.6 Å². The van der Waals surface area contributed by atoms with E-state index in [1.807, 2.05) is 36.4 Å². The minimum absolute atomic E-state index is 0.555. The van der Waals surface area contributed by atoms with Crippen molar-refractivity contribution in [2.75, 3.05) is 13.2 Å². The Hall–Kier alpha value is -1.99. The van der Waals surface area contributed by atoms with Gasteiger partial charge in [0.25, 0.3) is 0 Å². The highest BCUT2D eigenvalue weighted by molar-refractivity contribution is 9.10. The van der Waals surface area contributed by atoms with Gasteiger partial charge >= 0.3 is 0 Å². The molecule has 102 valence electrons. The van der Waals surface area contributed by atoms with Crippen LogP contribution < -0.4 is 9.47 Å². The van der Waals surface area contributed by atoms with Crippen molar-refractivity contribution in [2.45, 2.75) is 6.42 Å². The molecule has 20 heavy (non-hydrogen) atoms. The fourth-order valence-electron chi connectivity index (χ4n) is 1.65. The Bertz CT molecular complexity index is 607. The largest absolute Gasteiger partial charge is 0.493 e. The third kappa shape index (κ3) is 4.29. The van der Waals surface area contributed by atoms with Crippen LogP contribution in [-0.4, -0.2) is 13.2 Å².